The van der Waals surface area contributed by atoms with Crippen molar-refractivity contribution in [2.75, 3.05) is 67.5 Å². The Morgan fingerprint density at radius 1 is 0.915 bits per heavy atom. The van der Waals surface area contributed by atoms with E-state index < -0.39 is 35.6 Å². The molecule has 1 spiro atoms. The van der Waals surface area contributed by atoms with Crippen LogP contribution in [0.4, 0.5) is 23.0 Å². The van der Waals surface area contributed by atoms with Crippen LogP contribution in [0, 0.1) is 11.3 Å². The van der Waals surface area contributed by atoms with Crippen LogP contribution in [0.15, 0.2) is 36.8 Å². The molecule has 0 radical (unpaired) electrons. The summed E-state index contributed by atoms with van der Waals surface area (Å²) in [6.45, 7) is 6.62. The number of nitrogens with two attached hydrogens (primary N) is 1. The van der Waals surface area contributed by atoms with Gasteiger partial charge in [0.2, 0.25) is 17.7 Å². The van der Waals surface area contributed by atoms with Crippen LogP contribution in [-0.2, 0) is 21.4 Å². The molecule has 5 saturated heterocycles. The van der Waals surface area contributed by atoms with Crippen LogP contribution in [0.3, 0.4) is 0 Å². The minimum Gasteiger partial charge on any atom is -0.371 e. The molecule has 2 atom stereocenters. The summed E-state index contributed by atoms with van der Waals surface area (Å²) in [5, 5.41) is 9.55. The first kappa shape index (κ1) is 38.6. The number of imide groups is 2. The molecule has 18 nitrogen and oxygen atoms in total. The molecule has 6 amide bonds. The van der Waals surface area contributed by atoms with Crippen molar-refractivity contribution in [2.45, 2.75) is 69.9 Å². The zero-order valence-electron chi connectivity index (χ0n) is 33.3. The molecule has 2 unspecified atom stereocenters. The maximum Gasteiger partial charge on any atom is 0.271 e. The van der Waals surface area contributed by atoms with Crippen LogP contribution in [0.25, 0.3) is 0 Å². The molecule has 8 heterocycles. The predicted molar refractivity (Wildman–Crippen MR) is 215 cm³/mol. The normalized spacial score (nSPS) is 24.0. The first-order valence-electron chi connectivity index (χ1n) is 20.8. The molecular weight excluding hydrogens is 757 g/mol. The van der Waals surface area contributed by atoms with Crippen LogP contribution in [-0.4, -0.2) is 134 Å². The lowest BCUT2D eigenvalue weighted by atomic mass is 9.76. The number of amides is 6. The van der Waals surface area contributed by atoms with Gasteiger partial charge in [0.25, 0.3) is 17.7 Å². The van der Waals surface area contributed by atoms with Crippen molar-refractivity contribution in [3.8, 4) is 0 Å². The monoisotopic (exact) mass is 806 g/mol. The molecule has 4 N–H and O–H groups in total. The quantitative estimate of drug-likeness (QED) is 0.263. The van der Waals surface area contributed by atoms with Gasteiger partial charge in [0.15, 0.2) is 11.5 Å². The van der Waals surface area contributed by atoms with Crippen LogP contribution in [0.1, 0.15) is 89.0 Å². The Balaban J connectivity index is 0.764. The van der Waals surface area contributed by atoms with Crippen molar-refractivity contribution in [1.82, 2.24) is 39.8 Å². The number of primary amides is 1. The van der Waals surface area contributed by atoms with Gasteiger partial charge in [-0.1, -0.05) is 0 Å². The highest BCUT2D eigenvalue weighted by molar-refractivity contribution is 6.23. The number of nitrogens with one attached hydrogen (secondary N) is 2. The lowest BCUT2D eigenvalue weighted by Gasteiger charge is -2.42. The van der Waals surface area contributed by atoms with Crippen LogP contribution in [0.5, 0.6) is 0 Å². The lowest BCUT2D eigenvalue weighted by Crippen LogP contribution is -2.54. The molecule has 5 fully saturated rings. The van der Waals surface area contributed by atoms with E-state index in [1.807, 2.05) is 6.07 Å². The van der Waals surface area contributed by atoms with Crippen molar-refractivity contribution in [3.05, 3.63) is 53.6 Å². The lowest BCUT2D eigenvalue weighted by molar-refractivity contribution is -0.140. The van der Waals surface area contributed by atoms with Crippen LogP contribution < -0.4 is 26.2 Å². The molecule has 310 valence electrons. The largest absolute Gasteiger partial charge is 0.371 e. The fourth-order valence-electron chi connectivity index (χ4n) is 10.1. The topological polar surface area (TPSA) is 212 Å². The summed E-state index contributed by atoms with van der Waals surface area (Å²) in [6.07, 6.45) is 11.6. The number of likely N-dealkylation sites (tertiary alicyclic amines) is 2. The van der Waals surface area contributed by atoms with Gasteiger partial charge in [0, 0.05) is 70.7 Å². The van der Waals surface area contributed by atoms with E-state index in [9.17, 15) is 28.8 Å². The number of hydrogen-bond acceptors (Lipinski definition) is 13. The second kappa shape index (κ2) is 15.4. The summed E-state index contributed by atoms with van der Waals surface area (Å²) in [5.74, 6) is -0.966. The van der Waals surface area contributed by atoms with Gasteiger partial charge >= 0.3 is 0 Å². The molecule has 9 rings (SSSR count). The molecular formula is C41H50N12O6. The van der Waals surface area contributed by atoms with Gasteiger partial charge in [-0.25, -0.2) is 9.97 Å². The minimum absolute atomic E-state index is 0.0517. The van der Waals surface area contributed by atoms with Crippen molar-refractivity contribution >= 4 is 58.5 Å². The second-order valence-electron chi connectivity index (χ2n) is 17.0. The van der Waals surface area contributed by atoms with Gasteiger partial charge in [0.05, 0.1) is 34.6 Å². The number of aryl methyl sites for hydroxylation is 1. The van der Waals surface area contributed by atoms with Gasteiger partial charge in [0.1, 0.15) is 11.9 Å². The molecule has 6 aliphatic heterocycles. The highest BCUT2D eigenvalue weighted by Gasteiger charge is 2.50. The van der Waals surface area contributed by atoms with Gasteiger partial charge < -0.3 is 30.7 Å². The van der Waals surface area contributed by atoms with E-state index in [0.29, 0.717) is 35.1 Å². The second-order valence-corrected chi connectivity index (χ2v) is 17.0. The van der Waals surface area contributed by atoms with E-state index in [0.717, 1.165) is 101 Å². The number of piperidine rings is 4. The maximum atomic E-state index is 14.2. The van der Waals surface area contributed by atoms with Crippen LogP contribution in [0.2, 0.25) is 0 Å². The molecule has 59 heavy (non-hydrogen) atoms. The Hall–Kier alpha value is -5.91. The zero-order chi connectivity index (χ0) is 41.0. The van der Waals surface area contributed by atoms with E-state index in [2.05, 4.69) is 40.3 Å². The first-order chi connectivity index (χ1) is 28.5. The van der Waals surface area contributed by atoms with E-state index in [1.165, 1.54) is 0 Å². The summed E-state index contributed by atoms with van der Waals surface area (Å²) < 4.78 is 1.64. The number of carbonyl (C=O) groups excluding carboxylic acids is 6. The Morgan fingerprint density at radius 2 is 1.68 bits per heavy atom. The van der Waals surface area contributed by atoms with Crippen molar-refractivity contribution in [2.24, 2.45) is 24.1 Å². The number of rotatable bonds is 9. The highest BCUT2D eigenvalue weighted by Crippen LogP contribution is 2.44. The van der Waals surface area contributed by atoms with Crippen LogP contribution >= 0.6 is 0 Å². The Labute approximate surface area is 341 Å². The van der Waals surface area contributed by atoms with Gasteiger partial charge in [-0.15, -0.1) is 0 Å². The van der Waals surface area contributed by atoms with Crippen molar-refractivity contribution in [3.63, 3.8) is 0 Å². The fourth-order valence-corrected chi connectivity index (χ4v) is 10.1. The smallest absolute Gasteiger partial charge is 0.271 e. The van der Waals surface area contributed by atoms with E-state index in [1.54, 1.807) is 42.5 Å². The summed E-state index contributed by atoms with van der Waals surface area (Å²) >= 11 is 0. The number of aromatic nitrogens is 4. The average molecular weight is 807 g/mol. The molecule has 0 bridgehead atoms. The molecule has 6 aliphatic rings. The Bertz CT molecular complexity index is 2210. The number of fused-ring (bicyclic) bond motifs is 1. The third-order valence-corrected chi connectivity index (χ3v) is 13.4. The molecule has 3 aromatic rings. The van der Waals surface area contributed by atoms with E-state index in [4.69, 9.17) is 10.7 Å². The SMILES string of the molecule is Cn1cc(Nc2nc(N3CCCC(N4CCC5(CCN(CC6CCN(c7ccc8c(c7)C(=O)N(C7CCC(=O)NC7=O)C8=O)CC6)CC5)C4=O)C3)cnc2C(N)=O)cn1. The third-order valence-electron chi connectivity index (χ3n) is 13.4. The molecule has 2 aromatic heterocycles. The number of benzene rings is 1. The number of anilines is 4. The number of nitrogens with zero attached hydrogens (tertiary/aromatic N) is 9. The third kappa shape index (κ3) is 7.27. The van der Waals surface area contributed by atoms with Gasteiger partial charge in [-0.3, -0.25) is 43.7 Å². The molecule has 1 aromatic carbocycles. The molecule has 18 heteroatoms. The maximum absolute atomic E-state index is 14.2. The van der Waals surface area contributed by atoms with Crippen molar-refractivity contribution in [1.29, 1.82) is 0 Å². The van der Waals surface area contributed by atoms with Crippen molar-refractivity contribution < 1.29 is 28.8 Å². The number of carbonyl (C=O) groups is 6. The summed E-state index contributed by atoms with van der Waals surface area (Å²) in [4.78, 5) is 96.2. The Morgan fingerprint density at radius 3 is 2.41 bits per heavy atom. The molecule has 0 saturated carbocycles. The minimum atomic E-state index is -0.980. The Kier molecular flexibility index (Phi) is 10.0. The molecule has 0 aliphatic carbocycles. The predicted octanol–water partition coefficient (Wildman–Crippen LogP) is 1.65. The zero-order valence-corrected chi connectivity index (χ0v) is 33.3. The number of hydrogen-bond donors (Lipinski definition) is 3. The van der Waals surface area contributed by atoms with E-state index >= 15 is 0 Å². The average Bonchev–Trinajstić information content (AvgIpc) is 3.87. The fraction of sp³-hybridized carbons (Fsp3) is 0.537. The first-order valence-corrected chi connectivity index (χ1v) is 20.8. The van der Waals surface area contributed by atoms with Gasteiger partial charge in [-0.05, 0) is 88.6 Å². The van der Waals surface area contributed by atoms with E-state index in [-0.39, 0.29) is 41.7 Å². The summed E-state index contributed by atoms with van der Waals surface area (Å²) in [6, 6.07) is 4.42. The van der Waals surface area contributed by atoms with Gasteiger partial charge in [-0.2, -0.15) is 5.10 Å². The highest BCUT2D eigenvalue weighted by atomic mass is 16.2. The standard InChI is InChI=1S/C41H50N12O6/c1-48-23-26(20-44-48)45-36-34(35(42)55)43-21-32(46-36)51-13-2-3-28(24-51)52-18-12-41(40(52)59)10-16-49(17-11-41)22-25-8-14-50(15-9-25)27-4-5-29-30(19-27)39(58)53(38(29)57)31-6-7-33(54)47-37(31)56/h4-5,19-21,23,25,28,31H,2-3,6-18,22,24H2,1H3,(H2,42,55)(H,45,46)(H,47,54,56). The summed E-state index contributed by atoms with van der Waals surface area (Å²) in [5.41, 5.74) is 7.50. The summed E-state index contributed by atoms with van der Waals surface area (Å²) in [7, 11) is 1.80.